The van der Waals surface area contributed by atoms with Crippen LogP contribution in [0.3, 0.4) is 0 Å². The molecule has 1 aromatic rings. The molecule has 0 amide bonds. The van der Waals surface area contributed by atoms with E-state index in [0.717, 1.165) is 4.47 Å². The van der Waals surface area contributed by atoms with E-state index in [4.69, 9.17) is 19.9 Å². The molecule has 128 valence electrons. The molecule has 6 nitrogen and oxygen atoms in total. The maximum Gasteiger partial charge on any atom is 0.340 e. The van der Waals surface area contributed by atoms with Crippen molar-refractivity contribution < 1.29 is 19.0 Å². The monoisotopic (exact) mass is 394 g/mol. The van der Waals surface area contributed by atoms with Gasteiger partial charge in [-0.15, -0.1) is 0 Å². The van der Waals surface area contributed by atoms with Gasteiger partial charge in [-0.05, 0) is 32.0 Å². The molecule has 2 N–H and O–H groups in total. The number of benzene rings is 1. The summed E-state index contributed by atoms with van der Waals surface area (Å²) in [4.78, 5) is 12.4. The minimum absolute atomic E-state index is 0.0370. The summed E-state index contributed by atoms with van der Waals surface area (Å²) in [5, 5.41) is 9.62. The van der Waals surface area contributed by atoms with Crippen molar-refractivity contribution in [3.8, 4) is 11.8 Å². The van der Waals surface area contributed by atoms with E-state index in [1.165, 1.54) is 0 Å². The third-order valence-electron chi connectivity index (χ3n) is 3.67. The van der Waals surface area contributed by atoms with Gasteiger partial charge in [0.25, 0.3) is 0 Å². The van der Waals surface area contributed by atoms with Crippen LogP contribution in [0.4, 0.5) is 0 Å². The highest BCUT2D eigenvalue weighted by atomic mass is 79.9. The molecule has 1 aliphatic heterocycles. The predicted octanol–water partition coefficient (Wildman–Crippen LogP) is 2.83. The lowest BCUT2D eigenvalue weighted by Gasteiger charge is -2.30. The molecular formula is C17H19BrN2O4. The number of hydrogen-bond acceptors (Lipinski definition) is 6. The molecule has 2 atom stereocenters. The third-order valence-corrected chi connectivity index (χ3v) is 4.16. The first-order chi connectivity index (χ1) is 11.5. The lowest BCUT2D eigenvalue weighted by atomic mass is 9.79. The Balaban J connectivity index is 2.55. The molecule has 0 radical (unpaired) electrons. The summed E-state index contributed by atoms with van der Waals surface area (Å²) in [5.74, 6) is -1.28. The van der Waals surface area contributed by atoms with Crippen LogP contribution in [-0.4, -0.2) is 25.8 Å². The van der Waals surface area contributed by atoms with E-state index >= 15 is 0 Å². The molecule has 2 rings (SSSR count). The number of fused-ring (bicyclic) bond motifs is 1. The van der Waals surface area contributed by atoms with Crippen LogP contribution in [-0.2, 0) is 14.3 Å². The molecule has 0 bridgehead atoms. The first-order valence-corrected chi connectivity index (χ1v) is 8.44. The summed E-state index contributed by atoms with van der Waals surface area (Å²) in [6.07, 6.45) is 0. The normalized spacial score (nSPS) is 17.5. The number of carbonyl (C=O) groups is 1. The van der Waals surface area contributed by atoms with E-state index in [-0.39, 0.29) is 24.7 Å². The zero-order valence-corrected chi connectivity index (χ0v) is 15.1. The molecule has 1 heterocycles. The van der Waals surface area contributed by atoms with E-state index in [2.05, 4.69) is 22.0 Å². The molecule has 0 fully saturated rings. The van der Waals surface area contributed by atoms with Crippen LogP contribution in [0.1, 0.15) is 25.3 Å². The maximum atomic E-state index is 12.4. The topological polar surface area (TPSA) is 94.6 Å². The Bertz CT molecular complexity index is 696. The van der Waals surface area contributed by atoms with Crippen LogP contribution in [0.25, 0.3) is 0 Å². The van der Waals surface area contributed by atoms with Gasteiger partial charge in [0.15, 0.2) is 0 Å². The lowest BCUT2D eigenvalue weighted by molar-refractivity contribution is -0.139. The fourth-order valence-electron chi connectivity index (χ4n) is 2.64. The molecule has 0 aliphatic carbocycles. The van der Waals surface area contributed by atoms with Crippen molar-refractivity contribution in [3.05, 3.63) is 39.7 Å². The molecule has 2 unspecified atom stereocenters. The van der Waals surface area contributed by atoms with E-state index < -0.39 is 17.8 Å². The van der Waals surface area contributed by atoms with Crippen LogP contribution < -0.4 is 10.5 Å². The number of ether oxygens (including phenoxy) is 3. The van der Waals surface area contributed by atoms with Gasteiger partial charge in [0.05, 0.1) is 25.2 Å². The zero-order chi connectivity index (χ0) is 17.7. The molecule has 7 heteroatoms. The first-order valence-electron chi connectivity index (χ1n) is 7.64. The second-order valence-corrected chi connectivity index (χ2v) is 6.07. The van der Waals surface area contributed by atoms with Crippen LogP contribution in [0.15, 0.2) is 34.1 Å². The summed E-state index contributed by atoms with van der Waals surface area (Å²) in [6, 6.07) is 7.60. The third kappa shape index (κ3) is 3.71. The molecular weight excluding hydrogens is 376 g/mol. The highest BCUT2D eigenvalue weighted by Crippen LogP contribution is 2.44. The second-order valence-electron chi connectivity index (χ2n) is 5.16. The van der Waals surface area contributed by atoms with Crippen LogP contribution >= 0.6 is 15.9 Å². The van der Waals surface area contributed by atoms with Gasteiger partial charge < -0.3 is 19.9 Å². The number of nitriles is 1. The van der Waals surface area contributed by atoms with Gasteiger partial charge in [-0.3, -0.25) is 0 Å². The summed E-state index contributed by atoms with van der Waals surface area (Å²) < 4.78 is 16.9. The van der Waals surface area contributed by atoms with Crippen LogP contribution in [0, 0.1) is 17.2 Å². The lowest BCUT2D eigenvalue weighted by Crippen LogP contribution is -2.31. The van der Waals surface area contributed by atoms with Crippen molar-refractivity contribution in [2.24, 2.45) is 11.7 Å². The number of esters is 1. The van der Waals surface area contributed by atoms with Gasteiger partial charge in [0.2, 0.25) is 5.88 Å². The van der Waals surface area contributed by atoms with Crippen LogP contribution in [0.5, 0.6) is 5.75 Å². The SMILES string of the molecule is CCOCC(C#N)C1C(C(=O)OCC)=C(N)Oc2ccc(Br)cc21. The predicted molar refractivity (Wildman–Crippen MR) is 91.0 cm³/mol. The van der Waals surface area contributed by atoms with E-state index in [1.54, 1.807) is 13.0 Å². The quantitative estimate of drug-likeness (QED) is 0.745. The minimum atomic E-state index is -0.597. The van der Waals surface area contributed by atoms with Gasteiger partial charge in [0.1, 0.15) is 11.3 Å². The molecule has 0 saturated carbocycles. The summed E-state index contributed by atoms with van der Waals surface area (Å²) in [6.45, 7) is 4.41. The van der Waals surface area contributed by atoms with E-state index in [0.29, 0.717) is 17.9 Å². The van der Waals surface area contributed by atoms with Gasteiger partial charge in [-0.25, -0.2) is 4.79 Å². The van der Waals surface area contributed by atoms with Gasteiger partial charge in [-0.1, -0.05) is 15.9 Å². The largest absolute Gasteiger partial charge is 0.462 e. The molecule has 0 spiro atoms. The Kier molecular flexibility index (Phi) is 6.23. The average molecular weight is 395 g/mol. The summed E-state index contributed by atoms with van der Waals surface area (Å²) >= 11 is 3.41. The van der Waals surface area contributed by atoms with Crippen molar-refractivity contribution in [2.45, 2.75) is 19.8 Å². The van der Waals surface area contributed by atoms with Crippen molar-refractivity contribution >= 4 is 21.9 Å². The highest BCUT2D eigenvalue weighted by Gasteiger charge is 2.39. The average Bonchev–Trinajstić information content (AvgIpc) is 2.55. The Morgan fingerprint density at radius 2 is 2.21 bits per heavy atom. The first kappa shape index (κ1) is 18.3. The molecule has 1 aromatic carbocycles. The minimum Gasteiger partial charge on any atom is -0.462 e. The Morgan fingerprint density at radius 1 is 1.46 bits per heavy atom. The second kappa shape index (κ2) is 8.18. The van der Waals surface area contributed by atoms with E-state index in [9.17, 15) is 10.1 Å². The number of rotatable bonds is 6. The van der Waals surface area contributed by atoms with Crippen molar-refractivity contribution in [2.75, 3.05) is 19.8 Å². The number of halogens is 1. The molecule has 1 aliphatic rings. The highest BCUT2D eigenvalue weighted by molar-refractivity contribution is 9.10. The van der Waals surface area contributed by atoms with E-state index in [1.807, 2.05) is 19.1 Å². The standard InChI is InChI=1S/C17H19BrN2O4/c1-3-22-9-10(8-19)14-12-7-11(18)5-6-13(12)24-16(20)15(14)17(21)23-4-2/h5-7,10,14H,3-4,9,20H2,1-2H3. The molecule has 0 saturated heterocycles. The van der Waals surface area contributed by atoms with Crippen molar-refractivity contribution in [1.82, 2.24) is 0 Å². The fourth-order valence-corrected chi connectivity index (χ4v) is 3.02. The van der Waals surface area contributed by atoms with Crippen molar-refractivity contribution in [3.63, 3.8) is 0 Å². The Hall–Kier alpha value is -2.04. The summed E-state index contributed by atoms with van der Waals surface area (Å²) in [5.41, 5.74) is 6.83. The number of nitrogens with zero attached hydrogens (tertiary/aromatic N) is 1. The number of carbonyl (C=O) groups excluding carboxylic acids is 1. The van der Waals surface area contributed by atoms with Crippen LogP contribution in [0.2, 0.25) is 0 Å². The Morgan fingerprint density at radius 3 is 2.83 bits per heavy atom. The maximum absolute atomic E-state index is 12.4. The Labute approximate surface area is 149 Å². The molecule has 0 aromatic heterocycles. The fraction of sp³-hybridized carbons (Fsp3) is 0.412. The smallest absolute Gasteiger partial charge is 0.340 e. The summed E-state index contributed by atoms with van der Waals surface area (Å²) in [7, 11) is 0. The van der Waals surface area contributed by atoms with Crippen molar-refractivity contribution in [1.29, 1.82) is 5.26 Å². The van der Waals surface area contributed by atoms with Gasteiger partial charge >= 0.3 is 5.97 Å². The molecule has 24 heavy (non-hydrogen) atoms. The zero-order valence-electron chi connectivity index (χ0n) is 13.5. The van der Waals surface area contributed by atoms with Gasteiger partial charge in [-0.2, -0.15) is 5.26 Å². The number of nitrogens with two attached hydrogens (primary N) is 1. The number of hydrogen-bond donors (Lipinski definition) is 1. The van der Waals surface area contributed by atoms with Gasteiger partial charge in [0, 0.05) is 22.6 Å².